The summed E-state index contributed by atoms with van der Waals surface area (Å²) in [5.74, 6) is -2.44. The highest BCUT2D eigenvalue weighted by atomic mass is 31.2. The molecular weight excluding hydrogens is 1420 g/mol. The molecule has 2 aromatic rings. The molecule has 4 aliphatic heterocycles. The number of hydrogen-bond acceptors (Lipinski definition) is 38. The maximum absolute atomic E-state index is 14.3. The SMILES string of the molecule is CC(=O)NC1[C@H](OCCOP(=O)(O)OCOCC(COCOP(=O)(O)OCCO[C@@H]2OC(CO)[C@H](O)[C@H](O)C2C)(COCOP(=O)(O)OCCO[C@@H]2OC(CO)[C@H](O)[C@H](O)C2C)OP(=O)(O)OC[C@H]2O[C@@H](n3cnc4c(N)ncnc43)CC2OP(C)(=O)O)OC(CO)[C@H](O)[C@@H]1O. The first kappa shape index (κ1) is 82.6. The van der Waals surface area contributed by atoms with Crippen LogP contribution in [0.3, 0.4) is 0 Å². The predicted molar refractivity (Wildman–Crippen MR) is 309 cm³/mol. The van der Waals surface area contributed by atoms with Gasteiger partial charge in [0.2, 0.25) is 5.91 Å². The largest absolute Gasteiger partial charge is 0.474 e. The molecule has 0 aliphatic carbocycles. The molecule has 0 spiro atoms. The monoisotopic (exact) mass is 1500 g/mol. The fourth-order valence-corrected chi connectivity index (χ4v) is 13.1. The number of hydrogen-bond donors (Lipinski definition) is 16. The molecule has 0 radical (unpaired) electrons. The van der Waals surface area contributed by atoms with Crippen molar-refractivity contribution in [1.29, 1.82) is 0 Å². The van der Waals surface area contributed by atoms with Gasteiger partial charge in [0.05, 0.1) is 111 Å². The van der Waals surface area contributed by atoms with Crippen LogP contribution in [-0.4, -0.2) is 306 Å². The summed E-state index contributed by atoms with van der Waals surface area (Å²) < 4.78 is 168. The van der Waals surface area contributed by atoms with Crippen LogP contribution in [0.4, 0.5) is 5.82 Å². The molecule has 96 heavy (non-hydrogen) atoms. The number of fused-ring (bicyclic) bond motifs is 1. The highest BCUT2D eigenvalue weighted by molar-refractivity contribution is 7.52. The lowest BCUT2D eigenvalue weighted by Gasteiger charge is -2.42. The van der Waals surface area contributed by atoms with Crippen LogP contribution >= 0.6 is 38.9 Å². The van der Waals surface area contributed by atoms with Crippen LogP contribution in [0.2, 0.25) is 0 Å². The molecule has 23 atom stereocenters. The number of phosphoric acid groups is 4. The van der Waals surface area contributed by atoms with E-state index in [2.05, 4.69) is 20.3 Å². The van der Waals surface area contributed by atoms with Gasteiger partial charge in [0.25, 0.3) is 0 Å². The predicted octanol–water partition coefficient (Wildman–Crippen LogP) is -4.76. The van der Waals surface area contributed by atoms with E-state index in [0.717, 1.165) is 19.9 Å². The minimum absolute atomic E-state index is 0.0237. The van der Waals surface area contributed by atoms with Gasteiger partial charge in [0.1, 0.15) is 78.5 Å². The topological polar surface area (TPSA) is 643 Å². The normalized spacial score (nSPS) is 33.5. The molecule has 2 aromatic heterocycles. The zero-order valence-electron chi connectivity index (χ0n) is 51.6. The van der Waals surface area contributed by atoms with Crippen molar-refractivity contribution < 1.29 is 186 Å². The number of aromatic nitrogens is 4. The molecule has 0 saturated carbocycles. The highest BCUT2D eigenvalue weighted by Gasteiger charge is 2.49. The van der Waals surface area contributed by atoms with Crippen LogP contribution in [0.15, 0.2) is 12.7 Å². The number of nitrogen functional groups attached to an aromatic ring is 1. The molecule has 45 nitrogen and oxygen atoms in total. The average Bonchev–Trinajstić information content (AvgIpc) is 1.57. The zero-order valence-corrected chi connectivity index (χ0v) is 56.1. The number of aliphatic hydroxyl groups is 9. The molecule has 0 bridgehead atoms. The first-order valence-corrected chi connectivity index (χ1v) is 36.9. The van der Waals surface area contributed by atoms with Crippen molar-refractivity contribution in [3.8, 4) is 0 Å². The van der Waals surface area contributed by atoms with E-state index in [-0.39, 0.29) is 23.4 Å². The fourth-order valence-electron chi connectivity index (χ4n) is 9.60. The maximum atomic E-state index is 14.3. The van der Waals surface area contributed by atoms with E-state index in [0.29, 0.717) is 0 Å². The first-order valence-electron chi connectivity index (χ1n) is 28.9. The summed E-state index contributed by atoms with van der Waals surface area (Å²) in [6.07, 6.45) is -19.0. The van der Waals surface area contributed by atoms with E-state index in [4.69, 9.17) is 93.8 Å². The van der Waals surface area contributed by atoms with Crippen LogP contribution in [-0.2, 0) is 116 Å². The Morgan fingerprint density at radius 2 is 1.03 bits per heavy atom. The Bertz CT molecular complexity index is 2910. The Morgan fingerprint density at radius 3 is 1.47 bits per heavy atom. The van der Waals surface area contributed by atoms with E-state index >= 15 is 0 Å². The van der Waals surface area contributed by atoms with E-state index in [1.54, 1.807) is 0 Å². The number of carbonyl (C=O) groups is 1. The second-order valence-corrected chi connectivity index (χ2v) is 29.4. The van der Waals surface area contributed by atoms with Crippen molar-refractivity contribution in [2.75, 3.05) is 119 Å². The first-order chi connectivity index (χ1) is 45.0. The van der Waals surface area contributed by atoms with Gasteiger partial charge in [-0.2, -0.15) is 0 Å². The summed E-state index contributed by atoms with van der Waals surface area (Å²) in [5.41, 5.74) is 3.46. The summed E-state index contributed by atoms with van der Waals surface area (Å²) in [7, 11) is -25.7. The number of nitrogens with one attached hydrogen (secondary N) is 1. The van der Waals surface area contributed by atoms with Gasteiger partial charge in [0, 0.05) is 31.8 Å². The third-order valence-corrected chi connectivity index (χ3v) is 19.0. The Hall–Kier alpha value is -2.35. The number of rotatable bonds is 42. The number of phosphoric ester groups is 4. The molecule has 0 aromatic carbocycles. The van der Waals surface area contributed by atoms with Crippen LogP contribution < -0.4 is 11.1 Å². The van der Waals surface area contributed by atoms with Gasteiger partial charge in [-0.05, 0) is 0 Å². The second kappa shape index (κ2) is 37.2. The van der Waals surface area contributed by atoms with Gasteiger partial charge in [-0.15, -0.1) is 0 Å². The second-order valence-electron chi connectivity index (χ2n) is 21.8. The Kier molecular flexibility index (Phi) is 32.0. The zero-order chi connectivity index (χ0) is 71.0. The number of aliphatic hydroxyl groups excluding tert-OH is 9. The van der Waals surface area contributed by atoms with Crippen molar-refractivity contribution in [2.45, 2.75) is 131 Å². The summed E-state index contributed by atoms with van der Waals surface area (Å²) in [6, 6.07) is -1.41. The van der Waals surface area contributed by atoms with Crippen molar-refractivity contribution in [1.82, 2.24) is 24.8 Å². The Labute approximate surface area is 545 Å². The molecular formula is C46H83N6O39P5. The number of imidazole rings is 1. The quantitative estimate of drug-likeness (QED) is 0.0169. The third kappa shape index (κ3) is 24.7. The van der Waals surface area contributed by atoms with Crippen LogP contribution in [0.25, 0.3) is 11.2 Å². The highest BCUT2D eigenvalue weighted by Crippen LogP contribution is 2.52. The smallest absolute Gasteiger partial charge is 0.394 e. The van der Waals surface area contributed by atoms with Crippen molar-refractivity contribution in [3.05, 3.63) is 12.7 Å². The molecule has 50 heteroatoms. The fraction of sp³-hybridized carbons (Fsp3) is 0.870. The average molecular weight is 1500 g/mol. The van der Waals surface area contributed by atoms with Crippen molar-refractivity contribution >= 4 is 61.8 Å². The number of anilines is 1. The van der Waals surface area contributed by atoms with E-state index < -0.39 is 267 Å². The standard InChI is InChI=1S/C46H83N6O39P5/c1-24-35(57)37(59)28(12-53)87-43(24)76-5-8-79-93(65,66)83-21-73-16-46(17-74-22-84-94(67,68)80-9-6-77-44-25(2)36(58)38(60)29(13-54)88-44,18-75-23-85-95(69,70)81-10-7-78-45-33(51-26(3)56)40(62)39(61)30(14-55)89-45)91-96(71,72)82-15-31-27(90-92(4,63)64)11-32(86-31)52-20-50-34-41(47)48-19-49-42(34)52/h19-20,24-25,27-33,35-40,43-45,53-55,57-62H,5-18,21-23H2,1-4H3,(H,51,56)(H,63,64)(H,65,66)(H,67,68)(H,69,70)(H,71,72)(H2,47,48,49)/t24?,25?,27?,28?,29?,30?,31-,32-,33?,35-,36-,37+,38+,39+,40-,43-,44-,45-,46?/m1/s1. The molecule has 4 saturated heterocycles. The molecule has 4 aliphatic rings. The van der Waals surface area contributed by atoms with Gasteiger partial charge in [-0.3, -0.25) is 50.1 Å². The molecule has 556 valence electrons. The maximum Gasteiger partial charge on any atom is 0.474 e. The van der Waals surface area contributed by atoms with E-state index in [1.807, 2.05) is 0 Å². The van der Waals surface area contributed by atoms with Crippen molar-refractivity contribution in [3.63, 3.8) is 0 Å². The molecule has 6 rings (SSSR count). The molecule has 6 heterocycles. The van der Waals surface area contributed by atoms with Crippen LogP contribution in [0.5, 0.6) is 0 Å². The van der Waals surface area contributed by atoms with Gasteiger partial charge in [0.15, 0.2) is 50.7 Å². The minimum Gasteiger partial charge on any atom is -0.394 e. The van der Waals surface area contributed by atoms with E-state index in [1.165, 1.54) is 24.7 Å². The number of ether oxygens (including phenoxy) is 10. The molecule has 12 unspecified atom stereocenters. The third-order valence-electron chi connectivity index (χ3n) is 14.4. The van der Waals surface area contributed by atoms with Gasteiger partial charge < -0.3 is 133 Å². The van der Waals surface area contributed by atoms with Crippen LogP contribution in [0, 0.1) is 11.8 Å². The molecule has 1 amide bonds. The molecule has 4 fully saturated rings. The molecule has 17 N–H and O–H groups in total. The number of nitrogens with zero attached hydrogens (tertiary/aromatic N) is 4. The summed E-state index contributed by atoms with van der Waals surface area (Å²) >= 11 is 0. The lowest BCUT2D eigenvalue weighted by Crippen LogP contribution is -2.64. The van der Waals surface area contributed by atoms with Gasteiger partial charge in [-0.1, -0.05) is 13.8 Å². The lowest BCUT2D eigenvalue weighted by atomic mass is 9.92. The van der Waals surface area contributed by atoms with Gasteiger partial charge in [-0.25, -0.2) is 33.2 Å². The number of carbonyl (C=O) groups excluding carboxylic acids is 1. The van der Waals surface area contributed by atoms with Crippen molar-refractivity contribution in [2.24, 2.45) is 11.8 Å². The number of nitrogens with two attached hydrogens (primary N) is 1. The van der Waals surface area contributed by atoms with Crippen LogP contribution in [0.1, 0.15) is 33.4 Å². The van der Waals surface area contributed by atoms with E-state index in [9.17, 15) is 98.0 Å². The summed E-state index contributed by atoms with van der Waals surface area (Å²) in [4.78, 5) is 77.4. The lowest BCUT2D eigenvalue weighted by molar-refractivity contribution is -0.283. The number of amides is 1. The van der Waals surface area contributed by atoms with Gasteiger partial charge >= 0.3 is 38.9 Å². The summed E-state index contributed by atoms with van der Waals surface area (Å²) in [6.45, 7) is -9.91. The minimum atomic E-state index is -5.76. The summed E-state index contributed by atoms with van der Waals surface area (Å²) in [5, 5.41) is 92.9. The Balaban J connectivity index is 1.18. The Morgan fingerprint density at radius 1 is 0.594 bits per heavy atom.